The van der Waals surface area contributed by atoms with E-state index in [9.17, 15) is 50.4 Å². The lowest BCUT2D eigenvalue weighted by Crippen LogP contribution is -2.59. The Kier molecular flexibility index (Phi) is 21.7. The topological polar surface area (TPSA) is 270 Å². The van der Waals surface area contributed by atoms with Gasteiger partial charge in [0.15, 0.2) is 24.2 Å². The van der Waals surface area contributed by atoms with Gasteiger partial charge in [-0.25, -0.2) is 9.59 Å². The molecule has 0 aromatic carbocycles. The van der Waals surface area contributed by atoms with Crippen molar-refractivity contribution in [1.29, 1.82) is 0 Å². The van der Waals surface area contributed by atoms with E-state index < -0.39 is 157 Å². The summed E-state index contributed by atoms with van der Waals surface area (Å²) in [6, 6.07) is 0. The molecule has 412 valence electrons. The zero-order valence-corrected chi connectivity index (χ0v) is 44.4. The molecular formula is C54H88O18. The maximum absolute atomic E-state index is 13.5. The number of allylic oxidation sites excluding steroid dienone is 4. The summed E-state index contributed by atoms with van der Waals surface area (Å²) in [7, 11) is 0. The summed E-state index contributed by atoms with van der Waals surface area (Å²) < 4.78 is 49.1. The first kappa shape index (κ1) is 60.2. The molecule has 0 amide bonds. The Morgan fingerprint density at radius 3 is 1.25 bits per heavy atom. The second kappa shape index (κ2) is 25.9. The van der Waals surface area contributed by atoms with E-state index in [0.717, 1.165) is 0 Å². The monoisotopic (exact) mass is 1020 g/mol. The number of esters is 2. The SMILES string of the molecule is CC[C@@H]1[C@@H](C)O[C@@](O)([C@@H](C)[C@H](O)[C@H](C)[C@H]2OC(=O)/C=C/C=C/[C@H](C)[C@@H]([C@@H](C)[C@@H](O)[C@H](C)[C@@]3(O)C[C@@H](O[C@H]4C[C@@H](O)[C@H](O)C(C)O4)[C@H](CC)[C@@H](C)O3)OC(=O)/C=C/C=C/[C@@H]2C)C[C@H]1O[C@@H]1C[C@@H](O)[C@H](O)C(C)O1. The van der Waals surface area contributed by atoms with Crippen LogP contribution >= 0.6 is 0 Å². The summed E-state index contributed by atoms with van der Waals surface area (Å²) in [6.45, 7) is 21.3. The Morgan fingerprint density at radius 2 is 0.931 bits per heavy atom. The molecule has 0 spiro atoms. The molecule has 5 heterocycles. The van der Waals surface area contributed by atoms with E-state index in [1.54, 1.807) is 79.7 Å². The Bertz CT molecular complexity index is 1710. The molecule has 0 aromatic heterocycles. The number of hydrogen-bond acceptors (Lipinski definition) is 18. The lowest BCUT2D eigenvalue weighted by Gasteiger charge is -2.50. The van der Waals surface area contributed by atoms with Gasteiger partial charge in [0.25, 0.3) is 0 Å². The number of carbonyl (C=O) groups is 2. The third kappa shape index (κ3) is 14.4. The van der Waals surface area contributed by atoms with Crippen molar-refractivity contribution in [2.45, 2.75) is 231 Å². The zero-order valence-electron chi connectivity index (χ0n) is 44.4. The van der Waals surface area contributed by atoms with E-state index >= 15 is 0 Å². The van der Waals surface area contributed by atoms with Gasteiger partial charge in [0.05, 0.1) is 61.0 Å². The van der Waals surface area contributed by atoms with E-state index in [0.29, 0.717) is 12.8 Å². The largest absolute Gasteiger partial charge is 0.458 e. The molecule has 0 bridgehead atoms. The van der Waals surface area contributed by atoms with E-state index in [1.165, 1.54) is 24.3 Å². The average Bonchev–Trinajstić information content (AvgIpc) is 3.31. The van der Waals surface area contributed by atoms with Crippen LogP contribution in [0.15, 0.2) is 48.6 Å². The molecular weight excluding hydrogens is 937 g/mol. The van der Waals surface area contributed by atoms with Crippen LogP contribution < -0.4 is 0 Å². The highest BCUT2D eigenvalue weighted by Crippen LogP contribution is 2.45. The van der Waals surface area contributed by atoms with Crippen LogP contribution in [0, 0.1) is 47.3 Å². The normalized spacial score (nSPS) is 46.1. The van der Waals surface area contributed by atoms with Crippen LogP contribution in [-0.2, 0) is 47.5 Å². The fourth-order valence-electron chi connectivity index (χ4n) is 11.6. The minimum absolute atomic E-state index is 0.0264. The predicted molar refractivity (Wildman–Crippen MR) is 263 cm³/mol. The molecule has 8 N–H and O–H groups in total. The summed E-state index contributed by atoms with van der Waals surface area (Å²) in [6.07, 6.45) is -0.317. The van der Waals surface area contributed by atoms with Gasteiger partial charge in [-0.3, -0.25) is 0 Å². The van der Waals surface area contributed by atoms with Crippen LogP contribution in [0.3, 0.4) is 0 Å². The first-order valence-electron chi connectivity index (χ1n) is 26.4. The van der Waals surface area contributed by atoms with Crippen molar-refractivity contribution in [2.75, 3.05) is 0 Å². The Hall–Kier alpha value is -2.66. The average molecular weight is 1030 g/mol. The van der Waals surface area contributed by atoms with Crippen LogP contribution in [0.4, 0.5) is 0 Å². The van der Waals surface area contributed by atoms with Crippen molar-refractivity contribution in [3.05, 3.63) is 48.6 Å². The van der Waals surface area contributed by atoms with Crippen LogP contribution in [0.2, 0.25) is 0 Å². The van der Waals surface area contributed by atoms with Gasteiger partial charge in [-0.15, -0.1) is 0 Å². The molecule has 5 aliphatic rings. The molecule has 0 radical (unpaired) electrons. The second-order valence-electron chi connectivity index (χ2n) is 21.7. The van der Waals surface area contributed by atoms with Crippen molar-refractivity contribution in [1.82, 2.24) is 0 Å². The lowest BCUT2D eigenvalue weighted by molar-refractivity contribution is -0.345. The number of aliphatic hydroxyl groups is 8. The maximum Gasteiger partial charge on any atom is 0.331 e. The lowest BCUT2D eigenvalue weighted by atomic mass is 9.76. The molecule has 72 heavy (non-hydrogen) atoms. The number of hydrogen-bond donors (Lipinski definition) is 8. The van der Waals surface area contributed by atoms with Gasteiger partial charge in [-0.2, -0.15) is 0 Å². The van der Waals surface area contributed by atoms with Gasteiger partial charge in [-0.1, -0.05) is 91.8 Å². The number of rotatable bonds is 14. The van der Waals surface area contributed by atoms with E-state index in [2.05, 4.69) is 0 Å². The van der Waals surface area contributed by atoms with Gasteiger partial charge in [-0.05, 0) is 40.5 Å². The Morgan fingerprint density at radius 1 is 0.583 bits per heavy atom. The van der Waals surface area contributed by atoms with Crippen LogP contribution in [0.1, 0.15) is 122 Å². The number of aliphatic hydroxyl groups excluding tert-OH is 6. The van der Waals surface area contributed by atoms with Gasteiger partial charge in [0.1, 0.15) is 24.4 Å². The van der Waals surface area contributed by atoms with Gasteiger partial charge in [0, 0.05) is 85.2 Å². The van der Waals surface area contributed by atoms with Crippen LogP contribution in [0.5, 0.6) is 0 Å². The Balaban J connectivity index is 1.28. The van der Waals surface area contributed by atoms with Crippen molar-refractivity contribution < 1.29 is 88.3 Å². The fraction of sp³-hybridized carbons (Fsp3) is 0.815. The number of cyclic esters (lactones) is 2. The molecule has 0 saturated carbocycles. The van der Waals surface area contributed by atoms with E-state index in [4.69, 9.17) is 37.9 Å². The summed E-state index contributed by atoms with van der Waals surface area (Å²) in [4.78, 5) is 27.0. The highest BCUT2D eigenvalue weighted by Gasteiger charge is 2.54. The van der Waals surface area contributed by atoms with Crippen molar-refractivity contribution in [3.63, 3.8) is 0 Å². The van der Waals surface area contributed by atoms with Crippen molar-refractivity contribution in [3.8, 4) is 0 Å². The first-order chi connectivity index (χ1) is 33.7. The highest BCUT2D eigenvalue weighted by molar-refractivity contribution is 5.83. The summed E-state index contributed by atoms with van der Waals surface area (Å²) in [5, 5.41) is 89.6. The third-order valence-electron chi connectivity index (χ3n) is 16.5. The first-order valence-corrected chi connectivity index (χ1v) is 26.4. The quantitative estimate of drug-likeness (QED) is 0.114. The van der Waals surface area contributed by atoms with E-state index in [1.807, 2.05) is 27.7 Å². The minimum atomic E-state index is -1.88. The summed E-state index contributed by atoms with van der Waals surface area (Å²) >= 11 is 0. The van der Waals surface area contributed by atoms with Gasteiger partial charge in [0.2, 0.25) is 0 Å². The zero-order chi connectivity index (χ0) is 53.6. The molecule has 2 unspecified atom stereocenters. The third-order valence-corrected chi connectivity index (χ3v) is 16.5. The molecule has 18 heteroatoms. The molecule has 4 saturated heterocycles. The highest BCUT2D eigenvalue weighted by atomic mass is 16.7. The van der Waals surface area contributed by atoms with Crippen LogP contribution in [0.25, 0.3) is 0 Å². The van der Waals surface area contributed by atoms with Crippen molar-refractivity contribution in [2.24, 2.45) is 47.3 Å². The molecule has 4 fully saturated rings. The van der Waals surface area contributed by atoms with Crippen LogP contribution in [-0.4, -0.2) is 162 Å². The molecule has 0 aromatic rings. The van der Waals surface area contributed by atoms with Gasteiger partial charge < -0.3 is 78.7 Å². The number of carbonyl (C=O) groups excluding carboxylic acids is 2. The molecule has 0 aliphatic carbocycles. The minimum Gasteiger partial charge on any atom is -0.458 e. The fourth-order valence-corrected chi connectivity index (χ4v) is 11.6. The smallest absolute Gasteiger partial charge is 0.331 e. The van der Waals surface area contributed by atoms with E-state index in [-0.39, 0.29) is 37.5 Å². The standard InChI is InChI=1S/C54H88O18/c1-13-37-33(9)71-53(63,25-41(37)67-45-23-39(55)49(61)35(11)65-45)31(7)47(59)29(5)51-27(3)19-15-17-22-44(58)70-52(28(4)20-16-18-21-43(57)69-51)30(6)48(60)32(8)54(64)26-42(38(14-2)34(10)72-54)68-46-24-40(56)50(62)36(12)66-46/h15-22,27-42,45-52,55-56,59-64H,13-14,23-26H2,1-12H3/b19-15+,20-16+,21-18+,22-17+/t27-,28-,29-,30-,31-,32-,33+,34+,35?,36?,37+,38+,39+,40+,41+,42+,45-,46+,47+,48+,49+,50+,51-,52-,53+,54+/m0/s1. The molecule has 5 rings (SSSR count). The summed E-state index contributed by atoms with van der Waals surface area (Å²) in [5.41, 5.74) is 0. The van der Waals surface area contributed by atoms with Gasteiger partial charge >= 0.3 is 11.9 Å². The number of ether oxygens (including phenoxy) is 8. The molecule has 18 nitrogen and oxygen atoms in total. The summed E-state index contributed by atoms with van der Waals surface area (Å²) in [5.74, 6) is -9.84. The molecule has 5 aliphatic heterocycles. The maximum atomic E-state index is 13.5. The molecule has 26 atom stereocenters. The second-order valence-corrected chi connectivity index (χ2v) is 21.7. The Labute approximate surface area is 426 Å². The van der Waals surface area contributed by atoms with Crippen molar-refractivity contribution >= 4 is 11.9 Å². The predicted octanol–water partition coefficient (Wildman–Crippen LogP) is 4.12.